The summed E-state index contributed by atoms with van der Waals surface area (Å²) in [5, 5.41) is 9.11. The highest BCUT2D eigenvalue weighted by atomic mass is 16.5. The van der Waals surface area contributed by atoms with E-state index < -0.39 is 5.97 Å². The van der Waals surface area contributed by atoms with E-state index >= 15 is 0 Å². The number of ether oxygens (including phenoxy) is 4. The molecule has 5 rings (SSSR count). The Kier molecular flexibility index (Phi) is 8.14. The number of aliphatic carboxylic acids is 1. The Hall–Kier alpha value is -4.20. The first-order chi connectivity index (χ1) is 19.3. The lowest BCUT2D eigenvalue weighted by Crippen LogP contribution is -2.41. The van der Waals surface area contributed by atoms with Gasteiger partial charge in [-0.25, -0.2) is 4.79 Å². The number of likely N-dealkylation sites (tertiary alicyclic amines) is 1. The number of methoxy groups -OCH3 is 1. The van der Waals surface area contributed by atoms with Gasteiger partial charge in [-0.05, 0) is 65.9 Å². The molecule has 3 aromatic rings. The van der Waals surface area contributed by atoms with Crippen molar-refractivity contribution in [3.05, 3.63) is 76.9 Å². The minimum absolute atomic E-state index is 0.0578. The third kappa shape index (κ3) is 6.17. The number of benzene rings is 3. The minimum Gasteiger partial charge on any atom is -0.492 e. The standard InChI is InChI=1S/C32H35NO7/c1-20-13-27(40-25-9-11-33(12-10-25)32(36)37-3)14-21(2)31(20)23-6-4-5-22(15-23)18-38-26-7-8-28-24(16-30(34)35)19-39-29(28)17-26/h4-8,13-15,17,24-25H,9-12,16,18-19H2,1-3H3,(H,34,35)/t24-/m1/s1. The van der Waals surface area contributed by atoms with Crippen LogP contribution >= 0.6 is 0 Å². The average Bonchev–Trinajstić information content (AvgIpc) is 3.33. The number of rotatable bonds is 8. The van der Waals surface area contributed by atoms with Crippen LogP contribution in [0.3, 0.4) is 0 Å². The van der Waals surface area contributed by atoms with Crippen LogP contribution in [0, 0.1) is 13.8 Å². The van der Waals surface area contributed by atoms with Gasteiger partial charge in [0.2, 0.25) is 0 Å². The van der Waals surface area contributed by atoms with Crippen LogP contribution in [0.2, 0.25) is 0 Å². The zero-order chi connectivity index (χ0) is 28.2. The second-order valence-electron chi connectivity index (χ2n) is 10.5. The third-order valence-electron chi connectivity index (χ3n) is 7.59. The SMILES string of the molecule is COC(=O)N1CCC(Oc2cc(C)c(-c3cccc(COc4ccc5c(c4)OC[C@H]5CC(=O)O)c3)c(C)c2)CC1. The maximum atomic E-state index is 11.7. The van der Waals surface area contributed by atoms with E-state index in [2.05, 4.69) is 38.1 Å². The summed E-state index contributed by atoms with van der Waals surface area (Å²) >= 11 is 0. The van der Waals surface area contributed by atoms with Crippen molar-refractivity contribution < 1.29 is 33.6 Å². The fraction of sp³-hybridized carbons (Fsp3) is 0.375. The van der Waals surface area contributed by atoms with Crippen molar-refractivity contribution in [2.45, 2.75) is 51.7 Å². The number of piperidine rings is 1. The maximum absolute atomic E-state index is 11.7. The van der Waals surface area contributed by atoms with Crippen molar-refractivity contribution in [2.75, 3.05) is 26.8 Å². The molecule has 1 saturated heterocycles. The highest BCUT2D eigenvalue weighted by Gasteiger charge is 2.27. The highest BCUT2D eigenvalue weighted by molar-refractivity contribution is 5.72. The van der Waals surface area contributed by atoms with Gasteiger partial charge in [0.15, 0.2) is 0 Å². The number of carbonyl (C=O) groups is 2. The topological polar surface area (TPSA) is 94.5 Å². The molecule has 0 spiro atoms. The number of carboxylic acid groups (broad SMARTS) is 1. The van der Waals surface area contributed by atoms with Gasteiger partial charge in [0.25, 0.3) is 0 Å². The summed E-state index contributed by atoms with van der Waals surface area (Å²) in [7, 11) is 1.41. The average molecular weight is 546 g/mol. The first-order valence-corrected chi connectivity index (χ1v) is 13.6. The molecule has 1 fully saturated rings. The molecule has 210 valence electrons. The molecule has 0 aromatic heterocycles. The lowest BCUT2D eigenvalue weighted by molar-refractivity contribution is -0.137. The van der Waals surface area contributed by atoms with Crippen LogP contribution in [0.5, 0.6) is 17.2 Å². The predicted molar refractivity (Wildman–Crippen MR) is 150 cm³/mol. The molecule has 40 heavy (non-hydrogen) atoms. The van der Waals surface area contributed by atoms with Crippen molar-refractivity contribution >= 4 is 12.1 Å². The van der Waals surface area contributed by atoms with Gasteiger partial charge in [-0.1, -0.05) is 24.3 Å². The van der Waals surface area contributed by atoms with Gasteiger partial charge >= 0.3 is 12.1 Å². The normalized spacial score (nSPS) is 16.7. The van der Waals surface area contributed by atoms with Gasteiger partial charge in [0, 0.05) is 43.5 Å². The molecule has 1 amide bonds. The van der Waals surface area contributed by atoms with Gasteiger partial charge in [-0.2, -0.15) is 0 Å². The molecule has 0 radical (unpaired) electrons. The molecule has 0 bridgehead atoms. The lowest BCUT2D eigenvalue weighted by atomic mass is 9.94. The van der Waals surface area contributed by atoms with E-state index in [0.717, 1.165) is 46.4 Å². The van der Waals surface area contributed by atoms with Crippen molar-refractivity contribution in [3.63, 3.8) is 0 Å². The summed E-state index contributed by atoms with van der Waals surface area (Å²) in [5.74, 6) is 1.28. The molecule has 1 N–H and O–H groups in total. The van der Waals surface area contributed by atoms with Gasteiger partial charge in [-0.15, -0.1) is 0 Å². The zero-order valence-electron chi connectivity index (χ0n) is 23.1. The van der Waals surface area contributed by atoms with E-state index in [-0.39, 0.29) is 24.5 Å². The Bertz CT molecular complexity index is 1370. The Balaban J connectivity index is 1.23. The first kappa shape index (κ1) is 27.4. The maximum Gasteiger partial charge on any atom is 0.409 e. The molecule has 8 nitrogen and oxygen atoms in total. The van der Waals surface area contributed by atoms with Gasteiger partial charge in [0.05, 0.1) is 20.1 Å². The molecular formula is C32H35NO7. The zero-order valence-corrected chi connectivity index (χ0v) is 23.1. The van der Waals surface area contributed by atoms with E-state index in [1.807, 2.05) is 30.3 Å². The van der Waals surface area contributed by atoms with Crippen LogP contribution in [0.1, 0.15) is 47.4 Å². The Labute approximate surface area is 234 Å². The molecule has 0 unspecified atom stereocenters. The number of carboxylic acids is 1. The van der Waals surface area contributed by atoms with Crippen LogP contribution in [0.4, 0.5) is 4.79 Å². The molecule has 0 saturated carbocycles. The summed E-state index contributed by atoms with van der Waals surface area (Å²) < 4.78 is 22.9. The van der Waals surface area contributed by atoms with Crippen LogP contribution in [-0.4, -0.2) is 55.0 Å². The van der Waals surface area contributed by atoms with Crippen LogP contribution in [-0.2, 0) is 16.1 Å². The molecule has 0 aliphatic carbocycles. The van der Waals surface area contributed by atoms with E-state index in [4.69, 9.17) is 24.1 Å². The number of amides is 1. The second kappa shape index (κ2) is 11.9. The molecular weight excluding hydrogens is 510 g/mol. The first-order valence-electron chi connectivity index (χ1n) is 13.6. The van der Waals surface area contributed by atoms with E-state index in [1.54, 1.807) is 4.90 Å². The Morgan fingerprint density at radius 3 is 2.45 bits per heavy atom. The summed E-state index contributed by atoms with van der Waals surface area (Å²) in [6.07, 6.45) is 1.39. The molecule has 1 atom stereocenters. The van der Waals surface area contributed by atoms with Crippen molar-refractivity contribution in [1.29, 1.82) is 0 Å². The number of aryl methyl sites for hydroxylation is 2. The lowest BCUT2D eigenvalue weighted by Gasteiger charge is -2.31. The summed E-state index contributed by atoms with van der Waals surface area (Å²) in [5.41, 5.74) is 6.51. The monoisotopic (exact) mass is 545 g/mol. The fourth-order valence-corrected chi connectivity index (χ4v) is 5.63. The quantitative estimate of drug-likeness (QED) is 0.365. The number of hydrogen-bond acceptors (Lipinski definition) is 6. The van der Waals surface area contributed by atoms with Gasteiger partial charge < -0.3 is 29.0 Å². The van der Waals surface area contributed by atoms with E-state index in [9.17, 15) is 9.59 Å². The van der Waals surface area contributed by atoms with Crippen molar-refractivity contribution in [3.8, 4) is 28.4 Å². The molecule has 2 aliphatic heterocycles. The molecule has 2 aliphatic rings. The highest BCUT2D eigenvalue weighted by Crippen LogP contribution is 2.38. The predicted octanol–water partition coefficient (Wildman–Crippen LogP) is 6.11. The van der Waals surface area contributed by atoms with Crippen LogP contribution in [0.25, 0.3) is 11.1 Å². The minimum atomic E-state index is -0.827. The number of fused-ring (bicyclic) bond motifs is 1. The van der Waals surface area contributed by atoms with Crippen molar-refractivity contribution in [1.82, 2.24) is 4.90 Å². The molecule has 8 heteroatoms. The fourth-order valence-electron chi connectivity index (χ4n) is 5.63. The van der Waals surface area contributed by atoms with E-state index in [1.165, 1.54) is 12.7 Å². The van der Waals surface area contributed by atoms with Crippen LogP contribution in [0.15, 0.2) is 54.6 Å². The Morgan fingerprint density at radius 1 is 1.00 bits per heavy atom. The third-order valence-corrected chi connectivity index (χ3v) is 7.59. The molecule has 2 heterocycles. The van der Waals surface area contributed by atoms with Gasteiger partial charge in [-0.3, -0.25) is 4.79 Å². The van der Waals surface area contributed by atoms with Crippen LogP contribution < -0.4 is 14.2 Å². The van der Waals surface area contributed by atoms with Gasteiger partial charge in [0.1, 0.15) is 30.0 Å². The van der Waals surface area contributed by atoms with E-state index in [0.29, 0.717) is 37.8 Å². The summed E-state index contributed by atoms with van der Waals surface area (Å²) in [4.78, 5) is 24.6. The number of hydrogen-bond donors (Lipinski definition) is 1. The molecule has 3 aromatic carbocycles. The largest absolute Gasteiger partial charge is 0.492 e. The number of carbonyl (C=O) groups excluding carboxylic acids is 1. The number of nitrogens with zero attached hydrogens (tertiary/aromatic N) is 1. The summed E-state index contributed by atoms with van der Waals surface area (Å²) in [6.45, 7) is 6.23. The smallest absolute Gasteiger partial charge is 0.409 e. The Morgan fingerprint density at radius 2 is 1.75 bits per heavy atom. The summed E-state index contributed by atoms with van der Waals surface area (Å²) in [6, 6.07) is 18.1. The second-order valence-corrected chi connectivity index (χ2v) is 10.5. The van der Waals surface area contributed by atoms with Crippen molar-refractivity contribution in [2.24, 2.45) is 0 Å².